The molecular weight excluding hydrogens is 326 g/mol. The van der Waals surface area contributed by atoms with Crippen molar-refractivity contribution in [1.82, 2.24) is 0 Å². The molecule has 1 aliphatic carbocycles. The molecule has 0 bridgehead atoms. The van der Waals surface area contributed by atoms with Crippen LogP contribution in [0.5, 0.6) is 5.75 Å². The largest absolute Gasteiger partial charge is 0.483 e. The molecule has 4 nitrogen and oxygen atoms in total. The lowest BCUT2D eigenvalue weighted by Crippen LogP contribution is -2.21. The van der Waals surface area contributed by atoms with Gasteiger partial charge in [0.25, 0.3) is 5.91 Å². The number of carbonyl (C=O) groups excluding carboxylic acids is 1. The number of aliphatic hydroxyl groups is 1. The lowest BCUT2D eigenvalue weighted by molar-refractivity contribution is -0.118. The molecule has 0 saturated carbocycles. The Morgan fingerprint density at radius 1 is 1.38 bits per heavy atom. The SMILES string of the molecule is Cc1ccc(NC(=O)COc2cccc3c2CCC[C@@H]3O)cc1Cl. The van der Waals surface area contributed by atoms with E-state index in [-0.39, 0.29) is 12.5 Å². The number of ether oxygens (including phenoxy) is 1. The van der Waals surface area contributed by atoms with Gasteiger partial charge in [0, 0.05) is 10.7 Å². The van der Waals surface area contributed by atoms with Gasteiger partial charge in [-0.15, -0.1) is 0 Å². The molecule has 126 valence electrons. The number of amides is 1. The molecule has 0 fully saturated rings. The maximum Gasteiger partial charge on any atom is 0.262 e. The van der Waals surface area contributed by atoms with Gasteiger partial charge in [0.15, 0.2) is 6.61 Å². The number of halogens is 1. The number of aliphatic hydroxyl groups excluding tert-OH is 1. The molecule has 1 amide bonds. The molecule has 1 atom stereocenters. The maximum absolute atomic E-state index is 12.1. The van der Waals surface area contributed by atoms with Crippen molar-refractivity contribution in [2.75, 3.05) is 11.9 Å². The van der Waals surface area contributed by atoms with E-state index in [1.807, 2.05) is 31.2 Å². The molecule has 5 heteroatoms. The van der Waals surface area contributed by atoms with Gasteiger partial charge in [-0.1, -0.05) is 29.8 Å². The number of hydrogen-bond donors (Lipinski definition) is 2. The van der Waals surface area contributed by atoms with Crippen molar-refractivity contribution in [3.8, 4) is 5.75 Å². The van der Waals surface area contributed by atoms with Gasteiger partial charge in [-0.2, -0.15) is 0 Å². The van der Waals surface area contributed by atoms with Crippen molar-refractivity contribution in [3.63, 3.8) is 0 Å². The Kier molecular flexibility index (Phi) is 5.07. The van der Waals surface area contributed by atoms with E-state index in [0.29, 0.717) is 16.5 Å². The van der Waals surface area contributed by atoms with Crippen molar-refractivity contribution in [2.45, 2.75) is 32.3 Å². The third-order valence-electron chi connectivity index (χ3n) is 4.25. The van der Waals surface area contributed by atoms with Crippen LogP contribution in [0.15, 0.2) is 36.4 Å². The number of anilines is 1. The molecule has 0 radical (unpaired) electrons. The summed E-state index contributed by atoms with van der Waals surface area (Å²) in [7, 11) is 0. The highest BCUT2D eigenvalue weighted by atomic mass is 35.5. The highest BCUT2D eigenvalue weighted by Gasteiger charge is 2.21. The summed E-state index contributed by atoms with van der Waals surface area (Å²) in [6.45, 7) is 1.82. The molecule has 0 spiro atoms. The quantitative estimate of drug-likeness (QED) is 0.879. The van der Waals surface area contributed by atoms with Crippen LogP contribution in [0.25, 0.3) is 0 Å². The number of fused-ring (bicyclic) bond motifs is 1. The van der Waals surface area contributed by atoms with Gasteiger partial charge in [0.2, 0.25) is 0 Å². The van der Waals surface area contributed by atoms with Crippen molar-refractivity contribution >= 4 is 23.2 Å². The number of nitrogens with one attached hydrogen (secondary N) is 1. The third kappa shape index (κ3) is 3.71. The first-order valence-electron chi connectivity index (χ1n) is 8.03. The first-order valence-corrected chi connectivity index (χ1v) is 8.41. The van der Waals surface area contributed by atoms with Crippen LogP contribution in [0.2, 0.25) is 5.02 Å². The van der Waals surface area contributed by atoms with E-state index in [2.05, 4.69) is 5.32 Å². The number of hydrogen-bond acceptors (Lipinski definition) is 3. The summed E-state index contributed by atoms with van der Waals surface area (Å²) >= 11 is 6.06. The van der Waals surface area contributed by atoms with Gasteiger partial charge >= 0.3 is 0 Å². The Morgan fingerprint density at radius 3 is 3.00 bits per heavy atom. The van der Waals surface area contributed by atoms with E-state index in [1.54, 1.807) is 12.1 Å². The minimum Gasteiger partial charge on any atom is -0.483 e. The van der Waals surface area contributed by atoms with Gasteiger partial charge < -0.3 is 15.2 Å². The molecule has 2 aromatic rings. The van der Waals surface area contributed by atoms with Crippen LogP contribution >= 0.6 is 11.6 Å². The van der Waals surface area contributed by atoms with Crippen LogP contribution in [-0.2, 0) is 11.2 Å². The highest BCUT2D eigenvalue weighted by Crippen LogP contribution is 2.35. The lowest BCUT2D eigenvalue weighted by atomic mass is 9.89. The van der Waals surface area contributed by atoms with E-state index in [9.17, 15) is 9.90 Å². The fourth-order valence-electron chi connectivity index (χ4n) is 2.94. The summed E-state index contributed by atoms with van der Waals surface area (Å²) in [6.07, 6.45) is 2.10. The predicted molar refractivity (Wildman–Crippen MR) is 94.7 cm³/mol. The maximum atomic E-state index is 12.1. The minimum atomic E-state index is -0.444. The number of aryl methyl sites for hydroxylation is 1. The van der Waals surface area contributed by atoms with Gasteiger partial charge in [0.1, 0.15) is 5.75 Å². The smallest absolute Gasteiger partial charge is 0.262 e. The standard InChI is InChI=1S/C19H20ClNO3/c1-12-8-9-13(10-16(12)20)21-19(23)11-24-18-7-3-4-14-15(18)5-2-6-17(14)22/h3-4,7-10,17,22H,2,5-6,11H2,1H3,(H,21,23)/t17-/m0/s1. The highest BCUT2D eigenvalue weighted by molar-refractivity contribution is 6.31. The molecule has 3 rings (SSSR count). The minimum absolute atomic E-state index is 0.0853. The van der Waals surface area contributed by atoms with Crippen LogP contribution in [0.4, 0.5) is 5.69 Å². The zero-order chi connectivity index (χ0) is 17.1. The topological polar surface area (TPSA) is 58.6 Å². The number of carbonyl (C=O) groups is 1. The molecule has 0 heterocycles. The van der Waals surface area contributed by atoms with E-state index >= 15 is 0 Å². The third-order valence-corrected chi connectivity index (χ3v) is 4.65. The summed E-state index contributed by atoms with van der Waals surface area (Å²) in [4.78, 5) is 12.1. The first kappa shape index (κ1) is 16.8. The zero-order valence-corrected chi connectivity index (χ0v) is 14.3. The summed E-state index contributed by atoms with van der Waals surface area (Å²) in [5.41, 5.74) is 3.51. The summed E-state index contributed by atoms with van der Waals surface area (Å²) in [6, 6.07) is 11.0. The van der Waals surface area contributed by atoms with Crippen LogP contribution < -0.4 is 10.1 Å². The summed E-state index contributed by atoms with van der Waals surface area (Å²) < 4.78 is 5.68. The predicted octanol–water partition coefficient (Wildman–Crippen LogP) is 4.04. The average molecular weight is 346 g/mol. The normalized spacial score (nSPS) is 16.4. The second kappa shape index (κ2) is 7.24. The Bertz CT molecular complexity index is 760. The van der Waals surface area contributed by atoms with E-state index < -0.39 is 6.10 Å². The van der Waals surface area contributed by atoms with Crippen LogP contribution in [-0.4, -0.2) is 17.6 Å². The van der Waals surface area contributed by atoms with Crippen molar-refractivity contribution in [1.29, 1.82) is 0 Å². The average Bonchev–Trinajstić information content (AvgIpc) is 2.57. The zero-order valence-electron chi connectivity index (χ0n) is 13.5. The van der Waals surface area contributed by atoms with Gasteiger partial charge in [-0.05, 0) is 61.1 Å². The first-order chi connectivity index (χ1) is 11.5. The van der Waals surface area contributed by atoms with E-state index in [1.165, 1.54) is 0 Å². The van der Waals surface area contributed by atoms with E-state index in [0.717, 1.165) is 36.0 Å². The monoisotopic (exact) mass is 345 g/mol. The van der Waals surface area contributed by atoms with Gasteiger partial charge in [-0.25, -0.2) is 0 Å². The number of benzene rings is 2. The molecule has 0 aliphatic heterocycles. The summed E-state index contributed by atoms with van der Waals surface area (Å²) in [5.74, 6) is 0.423. The number of rotatable bonds is 4. The molecule has 0 saturated heterocycles. The molecule has 24 heavy (non-hydrogen) atoms. The molecule has 0 unspecified atom stereocenters. The van der Waals surface area contributed by atoms with Gasteiger partial charge in [0.05, 0.1) is 6.10 Å². The van der Waals surface area contributed by atoms with Crippen LogP contribution in [0, 0.1) is 6.92 Å². The second-order valence-corrected chi connectivity index (χ2v) is 6.44. The second-order valence-electron chi connectivity index (χ2n) is 6.03. The fraction of sp³-hybridized carbons (Fsp3) is 0.316. The lowest BCUT2D eigenvalue weighted by Gasteiger charge is -2.23. The van der Waals surface area contributed by atoms with Gasteiger partial charge in [-0.3, -0.25) is 4.79 Å². The molecule has 1 aliphatic rings. The Morgan fingerprint density at radius 2 is 2.21 bits per heavy atom. The van der Waals surface area contributed by atoms with Crippen molar-refractivity contribution in [2.24, 2.45) is 0 Å². The van der Waals surface area contributed by atoms with Crippen molar-refractivity contribution in [3.05, 3.63) is 58.1 Å². The van der Waals surface area contributed by atoms with Crippen LogP contribution in [0.3, 0.4) is 0 Å². The Labute approximate surface area is 146 Å². The summed E-state index contributed by atoms with van der Waals surface area (Å²) in [5, 5.41) is 13.4. The molecule has 2 aromatic carbocycles. The van der Waals surface area contributed by atoms with Crippen LogP contribution in [0.1, 0.15) is 35.6 Å². The Balaban J connectivity index is 1.64. The molecule has 0 aromatic heterocycles. The van der Waals surface area contributed by atoms with Crippen molar-refractivity contribution < 1.29 is 14.6 Å². The molecular formula is C19H20ClNO3. The van der Waals surface area contributed by atoms with E-state index in [4.69, 9.17) is 16.3 Å². The molecule has 2 N–H and O–H groups in total. The Hall–Kier alpha value is -2.04. The fourth-order valence-corrected chi connectivity index (χ4v) is 3.12.